The van der Waals surface area contributed by atoms with E-state index in [1.807, 2.05) is 37.3 Å². The van der Waals surface area contributed by atoms with E-state index in [9.17, 15) is 14.4 Å². The van der Waals surface area contributed by atoms with Gasteiger partial charge in [0.2, 0.25) is 11.8 Å². The van der Waals surface area contributed by atoms with Crippen LogP contribution in [0.4, 0.5) is 5.00 Å². The summed E-state index contributed by atoms with van der Waals surface area (Å²) < 4.78 is 0. The molecule has 3 amide bonds. The first kappa shape index (κ1) is 19.7. The van der Waals surface area contributed by atoms with E-state index in [4.69, 9.17) is 5.73 Å². The summed E-state index contributed by atoms with van der Waals surface area (Å²) in [5, 5.41) is 3.16. The number of anilines is 1. The predicted molar refractivity (Wildman–Crippen MR) is 103 cm³/mol. The fourth-order valence-electron chi connectivity index (χ4n) is 2.61. The Labute approximate surface area is 157 Å². The molecule has 0 radical (unpaired) electrons. The Kier molecular flexibility index (Phi) is 6.52. The number of carbonyl (C=O) groups excluding carboxylic acids is 3. The molecule has 2 rings (SSSR count). The second kappa shape index (κ2) is 8.62. The highest BCUT2D eigenvalue weighted by atomic mass is 32.1. The van der Waals surface area contributed by atoms with E-state index < -0.39 is 5.91 Å². The van der Waals surface area contributed by atoms with Gasteiger partial charge in [0.05, 0.1) is 12.1 Å². The quantitative estimate of drug-likeness (QED) is 0.781. The molecule has 0 atom stereocenters. The van der Waals surface area contributed by atoms with Gasteiger partial charge in [-0.1, -0.05) is 30.3 Å². The minimum atomic E-state index is -0.574. The first-order valence-corrected chi connectivity index (χ1v) is 9.10. The Morgan fingerprint density at radius 2 is 1.81 bits per heavy atom. The number of aryl methyl sites for hydroxylation is 1. The molecule has 1 aromatic heterocycles. The topological polar surface area (TPSA) is 92.5 Å². The fraction of sp³-hybridized carbons (Fsp3) is 0.316. The largest absolute Gasteiger partial charge is 0.365 e. The minimum Gasteiger partial charge on any atom is -0.365 e. The molecular formula is C19H23N3O3S. The van der Waals surface area contributed by atoms with Crippen molar-refractivity contribution in [1.29, 1.82) is 0 Å². The highest BCUT2D eigenvalue weighted by Gasteiger charge is 2.20. The molecule has 0 aliphatic carbocycles. The second-order valence-corrected chi connectivity index (χ2v) is 7.30. The van der Waals surface area contributed by atoms with Gasteiger partial charge < -0.3 is 16.0 Å². The van der Waals surface area contributed by atoms with Gasteiger partial charge >= 0.3 is 0 Å². The third-order valence-corrected chi connectivity index (χ3v) is 5.30. The molecule has 7 heteroatoms. The van der Waals surface area contributed by atoms with Crippen LogP contribution in [0, 0.1) is 13.8 Å². The number of rotatable bonds is 7. The van der Waals surface area contributed by atoms with Gasteiger partial charge in [-0.15, -0.1) is 11.3 Å². The number of amides is 3. The molecule has 1 heterocycles. The Morgan fingerprint density at radius 3 is 2.38 bits per heavy atom. The van der Waals surface area contributed by atoms with Crippen LogP contribution in [0.25, 0.3) is 0 Å². The first-order valence-electron chi connectivity index (χ1n) is 8.28. The second-order valence-electron chi connectivity index (χ2n) is 6.08. The van der Waals surface area contributed by atoms with Crippen molar-refractivity contribution in [2.24, 2.45) is 5.73 Å². The smallest absolute Gasteiger partial charge is 0.251 e. The maximum atomic E-state index is 12.4. The van der Waals surface area contributed by atoms with Gasteiger partial charge in [0.1, 0.15) is 5.00 Å². The van der Waals surface area contributed by atoms with Crippen molar-refractivity contribution >= 4 is 34.1 Å². The monoisotopic (exact) mass is 373 g/mol. The minimum absolute atomic E-state index is 0.0731. The predicted octanol–water partition coefficient (Wildman–Crippen LogP) is 2.49. The van der Waals surface area contributed by atoms with Crippen molar-refractivity contribution in [2.75, 3.05) is 18.4 Å². The van der Waals surface area contributed by atoms with Crippen molar-refractivity contribution in [3.8, 4) is 0 Å². The van der Waals surface area contributed by atoms with E-state index in [-0.39, 0.29) is 18.4 Å². The molecule has 0 spiro atoms. The molecule has 0 aliphatic rings. The van der Waals surface area contributed by atoms with E-state index in [0.717, 1.165) is 16.0 Å². The lowest BCUT2D eigenvalue weighted by molar-refractivity contribution is -0.132. The summed E-state index contributed by atoms with van der Waals surface area (Å²) in [5.41, 5.74) is 7.62. The average molecular weight is 373 g/mol. The van der Waals surface area contributed by atoms with Crippen LogP contribution in [0.15, 0.2) is 30.3 Å². The summed E-state index contributed by atoms with van der Waals surface area (Å²) >= 11 is 1.31. The van der Waals surface area contributed by atoms with Crippen LogP contribution in [0.2, 0.25) is 0 Å². The molecule has 138 valence electrons. The Bertz CT molecular complexity index is 815. The third-order valence-electron chi connectivity index (χ3n) is 4.18. The van der Waals surface area contributed by atoms with Gasteiger partial charge in [0.25, 0.3) is 5.91 Å². The first-order chi connectivity index (χ1) is 12.3. The number of nitrogens with two attached hydrogens (primary N) is 1. The molecule has 0 bridgehead atoms. The fourth-order valence-corrected chi connectivity index (χ4v) is 3.69. The van der Waals surface area contributed by atoms with E-state index >= 15 is 0 Å². The van der Waals surface area contributed by atoms with Crippen LogP contribution >= 0.6 is 11.3 Å². The molecule has 3 N–H and O–H groups in total. The van der Waals surface area contributed by atoms with Crippen LogP contribution in [0.5, 0.6) is 0 Å². The van der Waals surface area contributed by atoms with Crippen molar-refractivity contribution in [3.63, 3.8) is 0 Å². The molecule has 6 nitrogen and oxygen atoms in total. The molecular weight excluding hydrogens is 350 g/mol. The highest BCUT2D eigenvalue weighted by molar-refractivity contribution is 7.16. The van der Waals surface area contributed by atoms with Gasteiger partial charge in [0, 0.05) is 18.3 Å². The van der Waals surface area contributed by atoms with E-state index in [1.54, 1.807) is 6.92 Å². The summed E-state index contributed by atoms with van der Waals surface area (Å²) in [4.78, 5) is 38.3. The molecule has 0 fully saturated rings. The maximum absolute atomic E-state index is 12.4. The van der Waals surface area contributed by atoms with Crippen molar-refractivity contribution in [1.82, 2.24) is 4.90 Å². The number of benzene rings is 1. The van der Waals surface area contributed by atoms with Crippen molar-refractivity contribution in [2.45, 2.75) is 27.2 Å². The van der Waals surface area contributed by atoms with Crippen molar-refractivity contribution in [3.05, 3.63) is 51.9 Å². The van der Waals surface area contributed by atoms with Gasteiger partial charge in [-0.05, 0) is 31.4 Å². The SMILES string of the molecule is CC(=O)N(CCc1ccccc1)CC(=O)Nc1sc(C)c(C)c1C(N)=O. The number of hydrogen-bond acceptors (Lipinski definition) is 4. The molecule has 0 unspecified atom stereocenters. The number of thiophene rings is 1. The zero-order valence-corrected chi connectivity index (χ0v) is 16.0. The lowest BCUT2D eigenvalue weighted by Crippen LogP contribution is -2.38. The Morgan fingerprint density at radius 1 is 1.15 bits per heavy atom. The summed E-state index contributed by atoms with van der Waals surface area (Å²) in [7, 11) is 0. The average Bonchev–Trinajstić information content (AvgIpc) is 2.86. The Hall–Kier alpha value is -2.67. The lowest BCUT2D eigenvalue weighted by atomic mass is 10.1. The number of primary amides is 1. The number of nitrogens with one attached hydrogen (secondary N) is 1. The summed E-state index contributed by atoms with van der Waals surface area (Å²) in [6, 6.07) is 9.77. The summed E-state index contributed by atoms with van der Waals surface area (Å²) in [6.07, 6.45) is 0.664. The summed E-state index contributed by atoms with van der Waals surface area (Å²) in [5.74, 6) is -1.10. The van der Waals surface area contributed by atoms with Gasteiger partial charge in [0.15, 0.2) is 0 Å². The maximum Gasteiger partial charge on any atom is 0.251 e. The van der Waals surface area contributed by atoms with Crippen LogP contribution < -0.4 is 11.1 Å². The van der Waals surface area contributed by atoms with Crippen LogP contribution in [0.3, 0.4) is 0 Å². The van der Waals surface area contributed by atoms with Gasteiger partial charge in [-0.2, -0.15) is 0 Å². The number of hydrogen-bond donors (Lipinski definition) is 2. The number of nitrogens with zero attached hydrogens (tertiary/aromatic N) is 1. The van der Waals surface area contributed by atoms with E-state index in [0.29, 0.717) is 23.5 Å². The molecule has 1 aromatic carbocycles. The van der Waals surface area contributed by atoms with Gasteiger partial charge in [-0.3, -0.25) is 14.4 Å². The number of carbonyl (C=O) groups is 3. The van der Waals surface area contributed by atoms with Crippen LogP contribution in [0.1, 0.15) is 33.3 Å². The molecule has 26 heavy (non-hydrogen) atoms. The van der Waals surface area contributed by atoms with Gasteiger partial charge in [-0.25, -0.2) is 0 Å². The molecule has 0 saturated carbocycles. The third kappa shape index (κ3) is 4.92. The molecule has 2 aromatic rings. The summed E-state index contributed by atoms with van der Waals surface area (Å²) in [6.45, 7) is 5.47. The van der Waals surface area contributed by atoms with Crippen molar-refractivity contribution < 1.29 is 14.4 Å². The van der Waals surface area contributed by atoms with Crippen LogP contribution in [-0.2, 0) is 16.0 Å². The normalized spacial score (nSPS) is 10.4. The van der Waals surface area contributed by atoms with E-state index in [1.165, 1.54) is 23.2 Å². The highest BCUT2D eigenvalue weighted by Crippen LogP contribution is 2.31. The Balaban J connectivity index is 2.03. The standard InChI is InChI=1S/C19H23N3O3S/c1-12-13(2)26-19(17(12)18(20)25)21-16(24)11-22(14(3)23)10-9-15-7-5-4-6-8-15/h4-8H,9-11H2,1-3H3,(H2,20,25)(H,21,24). The van der Waals surface area contributed by atoms with Crippen LogP contribution in [-0.4, -0.2) is 35.7 Å². The lowest BCUT2D eigenvalue weighted by Gasteiger charge is -2.20. The van der Waals surface area contributed by atoms with E-state index in [2.05, 4.69) is 5.32 Å². The molecule has 0 aliphatic heterocycles. The zero-order valence-electron chi connectivity index (χ0n) is 15.2. The molecule has 0 saturated heterocycles. The zero-order chi connectivity index (χ0) is 19.3.